The van der Waals surface area contributed by atoms with Crippen molar-refractivity contribution in [2.24, 2.45) is 0 Å². The van der Waals surface area contributed by atoms with Crippen molar-refractivity contribution in [1.29, 1.82) is 0 Å². The standard InChI is InChI=1S/C8H12N2O2.ClH/c1-7-5-9-10(6-7)4-2-3-8(11)12;/h5-6H,2-4H2,1H3,(H,11,12);1H. The van der Waals surface area contributed by atoms with Crippen molar-refractivity contribution in [2.75, 3.05) is 0 Å². The van der Waals surface area contributed by atoms with Gasteiger partial charge in [-0.25, -0.2) is 0 Å². The van der Waals surface area contributed by atoms with Gasteiger partial charge >= 0.3 is 5.97 Å². The van der Waals surface area contributed by atoms with Crippen molar-refractivity contribution in [2.45, 2.75) is 26.3 Å². The minimum atomic E-state index is -0.751. The second kappa shape index (κ2) is 5.59. The third-order valence-corrected chi connectivity index (χ3v) is 1.54. The van der Waals surface area contributed by atoms with Gasteiger partial charge in [0.2, 0.25) is 0 Å². The number of aryl methyl sites for hydroxylation is 2. The van der Waals surface area contributed by atoms with Crippen molar-refractivity contribution in [3.63, 3.8) is 0 Å². The summed E-state index contributed by atoms with van der Waals surface area (Å²) in [5, 5.41) is 12.4. The van der Waals surface area contributed by atoms with Gasteiger partial charge in [0.25, 0.3) is 0 Å². The number of carboxylic acids is 1. The second-order valence-electron chi connectivity index (χ2n) is 2.78. The maximum Gasteiger partial charge on any atom is 0.303 e. The molecule has 0 unspecified atom stereocenters. The lowest BCUT2D eigenvalue weighted by molar-refractivity contribution is -0.137. The molecule has 0 aliphatic heterocycles. The van der Waals surface area contributed by atoms with Crippen LogP contribution in [-0.2, 0) is 11.3 Å². The summed E-state index contributed by atoms with van der Waals surface area (Å²) in [5.74, 6) is -0.751. The minimum absolute atomic E-state index is 0. The molecule has 0 aromatic carbocycles. The van der Waals surface area contributed by atoms with Gasteiger partial charge in [0.1, 0.15) is 0 Å². The molecule has 1 aromatic heterocycles. The highest BCUT2D eigenvalue weighted by molar-refractivity contribution is 5.85. The fourth-order valence-corrected chi connectivity index (χ4v) is 0.982. The molecular formula is C8H13ClN2O2. The molecule has 0 saturated heterocycles. The number of carbonyl (C=O) groups is 1. The number of rotatable bonds is 4. The predicted octanol–water partition coefficient (Wildman–Crippen LogP) is 1.48. The fraction of sp³-hybridized carbons (Fsp3) is 0.500. The van der Waals surface area contributed by atoms with Gasteiger partial charge in [-0.05, 0) is 18.9 Å². The summed E-state index contributed by atoms with van der Waals surface area (Å²) in [6, 6.07) is 0. The summed E-state index contributed by atoms with van der Waals surface area (Å²) < 4.78 is 1.76. The molecule has 0 amide bonds. The van der Waals surface area contributed by atoms with Gasteiger partial charge in [0, 0.05) is 19.2 Å². The second-order valence-corrected chi connectivity index (χ2v) is 2.78. The lowest BCUT2D eigenvalue weighted by Gasteiger charge is -1.97. The SMILES string of the molecule is Cc1cnn(CCCC(=O)O)c1.Cl. The van der Waals surface area contributed by atoms with E-state index in [1.165, 1.54) is 0 Å². The fourth-order valence-electron chi connectivity index (χ4n) is 0.982. The number of aromatic nitrogens is 2. The Morgan fingerprint density at radius 2 is 2.38 bits per heavy atom. The third kappa shape index (κ3) is 4.52. The summed E-state index contributed by atoms with van der Waals surface area (Å²) in [6.45, 7) is 2.64. The molecule has 0 aliphatic rings. The van der Waals surface area contributed by atoms with E-state index in [9.17, 15) is 4.79 Å². The van der Waals surface area contributed by atoms with Crippen molar-refractivity contribution < 1.29 is 9.90 Å². The van der Waals surface area contributed by atoms with E-state index in [1.807, 2.05) is 13.1 Å². The Kier molecular flexibility index (Phi) is 5.14. The van der Waals surface area contributed by atoms with E-state index in [1.54, 1.807) is 10.9 Å². The van der Waals surface area contributed by atoms with E-state index in [0.717, 1.165) is 5.56 Å². The molecule has 74 valence electrons. The van der Waals surface area contributed by atoms with Crippen LogP contribution in [0.25, 0.3) is 0 Å². The van der Waals surface area contributed by atoms with Crippen LogP contribution in [0.5, 0.6) is 0 Å². The molecule has 1 rings (SSSR count). The molecule has 0 aliphatic carbocycles. The van der Waals surface area contributed by atoms with E-state index in [-0.39, 0.29) is 18.8 Å². The van der Waals surface area contributed by atoms with E-state index in [4.69, 9.17) is 5.11 Å². The molecule has 1 aromatic rings. The zero-order valence-corrected chi connectivity index (χ0v) is 8.25. The normalized spacial score (nSPS) is 9.31. The Balaban J connectivity index is 0.00000144. The van der Waals surface area contributed by atoms with Crippen LogP contribution >= 0.6 is 12.4 Å². The van der Waals surface area contributed by atoms with Crippen LogP contribution in [0, 0.1) is 6.92 Å². The molecule has 13 heavy (non-hydrogen) atoms. The van der Waals surface area contributed by atoms with Crippen molar-refractivity contribution >= 4 is 18.4 Å². The maximum atomic E-state index is 10.2. The number of aliphatic carboxylic acids is 1. The zero-order chi connectivity index (χ0) is 8.97. The average Bonchev–Trinajstić information content (AvgIpc) is 2.35. The zero-order valence-electron chi connectivity index (χ0n) is 7.43. The molecule has 0 fully saturated rings. The van der Waals surface area contributed by atoms with Gasteiger partial charge in [-0.3, -0.25) is 9.48 Å². The summed E-state index contributed by atoms with van der Waals surface area (Å²) in [5.41, 5.74) is 1.10. The summed E-state index contributed by atoms with van der Waals surface area (Å²) in [6.07, 6.45) is 4.51. The first kappa shape index (κ1) is 12.0. The molecule has 0 atom stereocenters. The summed E-state index contributed by atoms with van der Waals surface area (Å²) >= 11 is 0. The quantitative estimate of drug-likeness (QED) is 0.808. The van der Waals surface area contributed by atoms with Crippen molar-refractivity contribution in [1.82, 2.24) is 9.78 Å². The third-order valence-electron chi connectivity index (χ3n) is 1.54. The van der Waals surface area contributed by atoms with Gasteiger partial charge in [0.15, 0.2) is 0 Å². The Morgan fingerprint density at radius 3 is 2.85 bits per heavy atom. The van der Waals surface area contributed by atoms with Gasteiger partial charge in [-0.2, -0.15) is 5.10 Å². The van der Waals surface area contributed by atoms with Gasteiger partial charge in [-0.15, -0.1) is 12.4 Å². The van der Waals surface area contributed by atoms with Crippen LogP contribution < -0.4 is 0 Å². The molecule has 1 N–H and O–H groups in total. The van der Waals surface area contributed by atoms with Crippen LogP contribution in [0.15, 0.2) is 12.4 Å². The first-order chi connectivity index (χ1) is 5.68. The largest absolute Gasteiger partial charge is 0.481 e. The molecule has 0 radical (unpaired) electrons. The van der Waals surface area contributed by atoms with E-state index < -0.39 is 5.97 Å². The lowest BCUT2D eigenvalue weighted by atomic mass is 10.3. The molecule has 1 heterocycles. The molecular weight excluding hydrogens is 192 g/mol. The molecule has 5 heteroatoms. The highest BCUT2D eigenvalue weighted by Gasteiger charge is 1.97. The topological polar surface area (TPSA) is 55.1 Å². The average molecular weight is 205 g/mol. The highest BCUT2D eigenvalue weighted by Crippen LogP contribution is 1.97. The van der Waals surface area contributed by atoms with Crippen molar-refractivity contribution in [3.8, 4) is 0 Å². The molecule has 0 bridgehead atoms. The maximum absolute atomic E-state index is 10.2. The Morgan fingerprint density at radius 1 is 1.69 bits per heavy atom. The van der Waals surface area contributed by atoms with E-state index >= 15 is 0 Å². The monoisotopic (exact) mass is 204 g/mol. The number of halogens is 1. The first-order valence-electron chi connectivity index (χ1n) is 3.89. The van der Waals surface area contributed by atoms with Gasteiger partial charge in [0.05, 0.1) is 6.20 Å². The van der Waals surface area contributed by atoms with Gasteiger partial charge < -0.3 is 5.11 Å². The Bertz CT molecular complexity index is 273. The van der Waals surface area contributed by atoms with E-state index in [0.29, 0.717) is 13.0 Å². The molecule has 4 nitrogen and oxygen atoms in total. The Hall–Kier alpha value is -1.03. The van der Waals surface area contributed by atoms with Crippen LogP contribution in [0.3, 0.4) is 0 Å². The van der Waals surface area contributed by atoms with Crippen LogP contribution in [-0.4, -0.2) is 20.9 Å². The first-order valence-corrected chi connectivity index (χ1v) is 3.89. The summed E-state index contributed by atoms with van der Waals surface area (Å²) in [7, 11) is 0. The van der Waals surface area contributed by atoms with Crippen LogP contribution in [0.4, 0.5) is 0 Å². The molecule has 0 saturated carbocycles. The van der Waals surface area contributed by atoms with Crippen molar-refractivity contribution in [3.05, 3.63) is 18.0 Å². The van der Waals surface area contributed by atoms with Crippen LogP contribution in [0.1, 0.15) is 18.4 Å². The predicted molar refractivity (Wildman–Crippen MR) is 51.1 cm³/mol. The van der Waals surface area contributed by atoms with Gasteiger partial charge in [-0.1, -0.05) is 0 Å². The Labute approximate surface area is 83.0 Å². The molecule has 0 spiro atoms. The lowest BCUT2D eigenvalue weighted by Crippen LogP contribution is -2.01. The number of hydrogen-bond donors (Lipinski definition) is 1. The number of nitrogens with zero attached hydrogens (tertiary/aromatic N) is 2. The van der Waals surface area contributed by atoms with Crippen LogP contribution in [0.2, 0.25) is 0 Å². The smallest absolute Gasteiger partial charge is 0.303 e. The highest BCUT2D eigenvalue weighted by atomic mass is 35.5. The minimum Gasteiger partial charge on any atom is -0.481 e. The number of carboxylic acid groups (broad SMARTS) is 1. The summed E-state index contributed by atoms with van der Waals surface area (Å²) in [4.78, 5) is 10.2. The number of hydrogen-bond acceptors (Lipinski definition) is 2. The van der Waals surface area contributed by atoms with E-state index in [2.05, 4.69) is 5.10 Å².